The molecular formula is C28H29CuN3O9. The number of nitrogens with zero attached hydrogens (tertiary/aromatic N) is 3. The SMILES string of the molecule is CO.O.O.O.O.O=C([O-])c1cc2ccccc2cc1C(=O)[O-].[Cu+2].c1ccc(-c2cccc(-c3ccccn3)n2)nc1. The number of aliphatic hydroxyl groups is 1. The smallest absolute Gasteiger partial charge is 0.545 e. The van der Waals surface area contributed by atoms with Crippen molar-refractivity contribution in [1.82, 2.24) is 15.0 Å². The summed E-state index contributed by atoms with van der Waals surface area (Å²) in [5.74, 6) is -3.05. The fourth-order valence-electron chi connectivity index (χ4n) is 3.33. The second kappa shape index (κ2) is 20.3. The van der Waals surface area contributed by atoms with Crippen molar-refractivity contribution in [3.8, 4) is 22.8 Å². The van der Waals surface area contributed by atoms with Crippen molar-refractivity contribution >= 4 is 22.7 Å². The number of aliphatic hydroxyl groups excluding tert-OH is 1. The number of carboxylic acid groups (broad SMARTS) is 2. The molecule has 0 bridgehead atoms. The molecule has 0 aliphatic carbocycles. The van der Waals surface area contributed by atoms with Gasteiger partial charge in [0.05, 0.1) is 34.7 Å². The minimum Gasteiger partial charge on any atom is -0.545 e. The molecule has 9 N–H and O–H groups in total. The predicted octanol–water partition coefficient (Wildman–Crippen LogP) is -0.920. The van der Waals surface area contributed by atoms with Crippen LogP contribution >= 0.6 is 0 Å². The van der Waals surface area contributed by atoms with E-state index in [1.54, 1.807) is 36.7 Å². The van der Waals surface area contributed by atoms with Gasteiger partial charge in [-0.25, -0.2) is 4.98 Å². The van der Waals surface area contributed by atoms with Crippen LogP contribution in [0.2, 0.25) is 0 Å². The maximum atomic E-state index is 10.8. The third-order valence-corrected chi connectivity index (χ3v) is 4.93. The quantitative estimate of drug-likeness (QED) is 0.247. The predicted molar refractivity (Wildman–Crippen MR) is 146 cm³/mol. The van der Waals surface area contributed by atoms with E-state index in [4.69, 9.17) is 5.11 Å². The minimum atomic E-state index is -1.52. The Balaban J connectivity index is -0.000000599. The molecule has 0 atom stereocenters. The first-order valence-corrected chi connectivity index (χ1v) is 10.7. The van der Waals surface area contributed by atoms with Crippen LogP contribution < -0.4 is 10.2 Å². The Bertz CT molecular complexity index is 1370. The van der Waals surface area contributed by atoms with Gasteiger partial charge in [-0.05, 0) is 59.3 Å². The van der Waals surface area contributed by atoms with E-state index >= 15 is 0 Å². The first-order valence-electron chi connectivity index (χ1n) is 10.7. The molecule has 5 aromatic rings. The molecule has 0 saturated heterocycles. The molecule has 0 fully saturated rings. The molecule has 2 aromatic carbocycles. The Hall–Kier alpha value is -4.59. The number of hydrogen-bond donors (Lipinski definition) is 1. The Morgan fingerprint density at radius 3 is 1.22 bits per heavy atom. The molecule has 3 heterocycles. The van der Waals surface area contributed by atoms with Crippen molar-refractivity contribution in [1.29, 1.82) is 0 Å². The summed E-state index contributed by atoms with van der Waals surface area (Å²) in [4.78, 5) is 34.7. The number of carbonyl (C=O) groups is 2. The van der Waals surface area contributed by atoms with Crippen LogP contribution in [0, 0.1) is 0 Å². The minimum absolute atomic E-state index is 0. The van der Waals surface area contributed by atoms with Crippen molar-refractivity contribution in [2.24, 2.45) is 0 Å². The maximum absolute atomic E-state index is 10.8. The molecule has 0 aliphatic rings. The summed E-state index contributed by atoms with van der Waals surface area (Å²) >= 11 is 0. The van der Waals surface area contributed by atoms with E-state index in [0.717, 1.165) is 29.9 Å². The molecule has 0 saturated carbocycles. The monoisotopic (exact) mass is 614 g/mol. The average Bonchev–Trinajstić information content (AvgIpc) is 2.94. The number of pyridine rings is 3. The summed E-state index contributed by atoms with van der Waals surface area (Å²) in [6.07, 6.45) is 3.54. The van der Waals surface area contributed by atoms with Crippen LogP contribution in [0.1, 0.15) is 20.7 Å². The summed E-state index contributed by atoms with van der Waals surface area (Å²) in [5, 5.41) is 29.8. The normalized spacial score (nSPS) is 8.63. The van der Waals surface area contributed by atoms with Gasteiger partial charge in [0, 0.05) is 30.6 Å². The Morgan fingerprint density at radius 2 is 0.902 bits per heavy atom. The number of carboxylic acids is 2. The van der Waals surface area contributed by atoms with Gasteiger partial charge in [-0.1, -0.05) is 42.5 Å². The molecule has 3 aromatic heterocycles. The van der Waals surface area contributed by atoms with E-state index < -0.39 is 11.9 Å². The molecule has 0 aliphatic heterocycles. The molecule has 41 heavy (non-hydrogen) atoms. The van der Waals surface area contributed by atoms with Crippen molar-refractivity contribution in [2.75, 3.05) is 7.11 Å². The third kappa shape index (κ3) is 10.8. The van der Waals surface area contributed by atoms with Crippen molar-refractivity contribution < 1.29 is 63.9 Å². The first-order chi connectivity index (χ1) is 17.5. The number of carbonyl (C=O) groups excluding carboxylic acids is 2. The fourth-order valence-corrected chi connectivity index (χ4v) is 3.33. The zero-order valence-electron chi connectivity index (χ0n) is 21.5. The number of aromatic carboxylic acids is 2. The van der Waals surface area contributed by atoms with Crippen LogP contribution in [-0.4, -0.2) is 61.0 Å². The standard InChI is InChI=1S/C15H11N3.C12H8O4.CH4O.Cu.4H2O/c1-3-10-16-12(6-1)14-8-5-9-15(18-14)13-7-2-4-11-17-13;13-11(14)9-5-7-3-1-2-4-8(7)6-10(9)12(15)16;1-2;;;;;/h1-11H;1-6H,(H,13,14)(H,15,16);2H,1H3;;4*1H2/q;;;+2;;;;/p-2. The summed E-state index contributed by atoms with van der Waals surface area (Å²) in [6, 6.07) is 26.9. The van der Waals surface area contributed by atoms with Crippen LogP contribution in [0.25, 0.3) is 33.5 Å². The van der Waals surface area contributed by atoms with Crippen LogP contribution in [0.5, 0.6) is 0 Å². The maximum Gasteiger partial charge on any atom is 2.00 e. The van der Waals surface area contributed by atoms with Crippen LogP contribution in [0.3, 0.4) is 0 Å². The molecule has 0 amide bonds. The van der Waals surface area contributed by atoms with Gasteiger partial charge in [0.15, 0.2) is 0 Å². The number of aromatic nitrogens is 3. The van der Waals surface area contributed by atoms with Crippen LogP contribution in [0.4, 0.5) is 0 Å². The van der Waals surface area contributed by atoms with Gasteiger partial charge in [0.25, 0.3) is 0 Å². The summed E-state index contributed by atoms with van der Waals surface area (Å²) in [7, 11) is 1.00. The third-order valence-electron chi connectivity index (χ3n) is 4.93. The van der Waals surface area contributed by atoms with Crippen molar-refractivity contribution in [2.45, 2.75) is 0 Å². The number of fused-ring (bicyclic) bond motifs is 1. The summed E-state index contributed by atoms with van der Waals surface area (Å²) in [5.41, 5.74) is 2.74. The Morgan fingerprint density at radius 1 is 0.561 bits per heavy atom. The topological polar surface area (TPSA) is 265 Å². The average molecular weight is 615 g/mol. The van der Waals surface area contributed by atoms with Gasteiger partial charge in [0.2, 0.25) is 0 Å². The number of rotatable bonds is 4. The van der Waals surface area contributed by atoms with E-state index in [1.807, 2.05) is 54.6 Å². The first kappa shape index (κ1) is 40.9. The molecule has 13 heteroatoms. The van der Waals surface area contributed by atoms with Gasteiger partial charge < -0.3 is 46.8 Å². The summed E-state index contributed by atoms with van der Waals surface area (Å²) in [6.45, 7) is 0. The fraction of sp³-hybridized carbons (Fsp3) is 0.0357. The molecule has 1 radical (unpaired) electrons. The van der Waals surface area contributed by atoms with Crippen molar-refractivity contribution in [3.63, 3.8) is 0 Å². The van der Waals surface area contributed by atoms with Crippen LogP contribution in [-0.2, 0) is 17.1 Å². The van der Waals surface area contributed by atoms with E-state index in [2.05, 4.69) is 15.0 Å². The largest absolute Gasteiger partial charge is 2.00 e. The molecule has 5 rings (SSSR count). The molecule has 221 valence electrons. The zero-order valence-corrected chi connectivity index (χ0v) is 22.5. The summed E-state index contributed by atoms with van der Waals surface area (Å²) < 4.78 is 0. The van der Waals surface area contributed by atoms with Gasteiger partial charge >= 0.3 is 17.1 Å². The second-order valence-electron chi connectivity index (χ2n) is 7.16. The molecule has 0 unspecified atom stereocenters. The second-order valence-corrected chi connectivity index (χ2v) is 7.16. The van der Waals surface area contributed by atoms with E-state index in [-0.39, 0.29) is 50.1 Å². The Labute approximate surface area is 245 Å². The van der Waals surface area contributed by atoms with Crippen LogP contribution in [0.15, 0.2) is 103 Å². The number of hydrogen-bond acceptors (Lipinski definition) is 8. The van der Waals surface area contributed by atoms with E-state index in [9.17, 15) is 19.8 Å². The molecule has 12 nitrogen and oxygen atoms in total. The van der Waals surface area contributed by atoms with Crippen molar-refractivity contribution in [3.05, 3.63) is 115 Å². The molecule has 0 spiro atoms. The van der Waals surface area contributed by atoms with E-state index in [1.165, 1.54) is 12.1 Å². The van der Waals surface area contributed by atoms with E-state index in [0.29, 0.717) is 10.8 Å². The van der Waals surface area contributed by atoms with Gasteiger partial charge in [-0.2, -0.15) is 0 Å². The number of benzene rings is 2. The van der Waals surface area contributed by atoms with Gasteiger partial charge in [-0.3, -0.25) is 9.97 Å². The molecular weight excluding hydrogens is 586 g/mol. The van der Waals surface area contributed by atoms with Gasteiger partial charge in [0.1, 0.15) is 0 Å². The Kier molecular flexibility index (Phi) is 20.3. The zero-order chi connectivity index (χ0) is 25.9. The van der Waals surface area contributed by atoms with Gasteiger partial charge in [-0.15, -0.1) is 0 Å².